The first kappa shape index (κ1) is 23.4. The quantitative estimate of drug-likeness (QED) is 0.289. The molecule has 0 spiro atoms. The van der Waals surface area contributed by atoms with E-state index in [0.29, 0.717) is 0 Å². The fourth-order valence-corrected chi connectivity index (χ4v) is 1.86. The van der Waals surface area contributed by atoms with E-state index < -0.39 is 45.1 Å². The van der Waals surface area contributed by atoms with Gasteiger partial charge in [0.25, 0.3) is 0 Å². The Morgan fingerprint density at radius 1 is 1.17 bits per heavy atom. The van der Waals surface area contributed by atoms with Crippen LogP contribution in [0.5, 0.6) is 0 Å². The third kappa shape index (κ3) is 6.96. The van der Waals surface area contributed by atoms with E-state index in [0.717, 1.165) is 0 Å². The molecular weight excluding hydrogens is 325 g/mol. The summed E-state index contributed by atoms with van der Waals surface area (Å²) in [5.41, 5.74) is 0. The van der Waals surface area contributed by atoms with Gasteiger partial charge < -0.3 is 44.0 Å². The molecule has 96 valence electrons. The number of phosphoric ester groups is 1. The Kier molecular flexibility index (Phi) is 13.1. The minimum absolute atomic E-state index is 0. The van der Waals surface area contributed by atoms with E-state index in [4.69, 9.17) is 5.11 Å². The summed E-state index contributed by atoms with van der Waals surface area (Å²) < 4.78 is 18.7. The van der Waals surface area contributed by atoms with Gasteiger partial charge >= 0.3 is 103 Å². The molecule has 0 amide bonds. The molecule has 1 unspecified atom stereocenters. The Hall–Kier alpha value is 3.18. The molecule has 0 aromatic carbocycles. The van der Waals surface area contributed by atoms with Crippen LogP contribution in [0.1, 0.15) is 0 Å². The van der Waals surface area contributed by atoms with Gasteiger partial charge in [-0.25, -0.2) is 0 Å². The Morgan fingerprint density at radius 2 is 1.67 bits per heavy atom. The van der Waals surface area contributed by atoms with Gasteiger partial charge in [-0.05, 0) is 0 Å². The van der Waals surface area contributed by atoms with E-state index in [9.17, 15) is 29.7 Å². The standard InChI is InChI=1S/C6H13O9P.2K/c7-1-2-3(8)4(9)5(6(10)14-2)15-16(11,12)13;;/h2-10H,1H2,(H2,11,12,13);;/q;2*+1/p-2/t2-,3-,4+,5-,6?;;/m1../s1. The average molecular weight is 336 g/mol. The maximum absolute atomic E-state index is 10.3. The fourth-order valence-electron chi connectivity index (χ4n) is 1.33. The molecule has 12 heteroatoms. The number of aliphatic hydroxyl groups excluding tert-OH is 4. The van der Waals surface area contributed by atoms with E-state index in [1.165, 1.54) is 0 Å². The number of hydrogen-bond donors (Lipinski definition) is 4. The Morgan fingerprint density at radius 3 is 2.06 bits per heavy atom. The summed E-state index contributed by atoms with van der Waals surface area (Å²) in [4.78, 5) is 20.6. The molecule has 1 rings (SSSR count). The van der Waals surface area contributed by atoms with E-state index in [1.807, 2.05) is 0 Å². The first-order valence-corrected chi connectivity index (χ1v) is 5.73. The number of aliphatic hydroxyl groups is 4. The number of ether oxygens (including phenoxy) is 1. The van der Waals surface area contributed by atoms with Gasteiger partial charge in [-0.15, -0.1) is 0 Å². The summed E-state index contributed by atoms with van der Waals surface area (Å²) in [6, 6.07) is 0. The van der Waals surface area contributed by atoms with Gasteiger partial charge in [0, 0.05) is 0 Å². The first-order chi connectivity index (χ1) is 7.26. The van der Waals surface area contributed by atoms with Gasteiger partial charge in [0.05, 0.1) is 14.4 Å². The SMILES string of the molecule is O=P([O-])([O-])O[C@H]1C(O)O[C@H](CO)[C@@H](O)[C@@H]1O.[K+].[K+]. The second-order valence-electron chi connectivity index (χ2n) is 3.25. The zero-order chi connectivity index (χ0) is 12.5. The van der Waals surface area contributed by atoms with Crippen LogP contribution < -0.4 is 113 Å². The molecular formula is C6H11K2O9P. The summed E-state index contributed by atoms with van der Waals surface area (Å²) in [5.74, 6) is 0. The van der Waals surface area contributed by atoms with Crippen LogP contribution in [0.15, 0.2) is 0 Å². The molecule has 5 atom stereocenters. The van der Waals surface area contributed by atoms with Crippen molar-refractivity contribution in [1.82, 2.24) is 0 Å². The summed E-state index contributed by atoms with van der Waals surface area (Å²) in [6.07, 6.45) is -8.69. The second-order valence-corrected chi connectivity index (χ2v) is 4.35. The van der Waals surface area contributed by atoms with Gasteiger partial charge in [0.2, 0.25) is 0 Å². The zero-order valence-electron chi connectivity index (χ0n) is 9.87. The average Bonchev–Trinajstić information content (AvgIpc) is 2.17. The number of hydrogen-bond acceptors (Lipinski definition) is 9. The molecule has 0 aromatic rings. The molecule has 1 heterocycles. The van der Waals surface area contributed by atoms with Crippen LogP contribution in [0, 0.1) is 0 Å². The fraction of sp³-hybridized carbons (Fsp3) is 1.00. The third-order valence-electron chi connectivity index (χ3n) is 2.09. The van der Waals surface area contributed by atoms with Crippen LogP contribution in [0.2, 0.25) is 0 Å². The summed E-state index contributed by atoms with van der Waals surface area (Å²) in [7, 11) is -5.44. The molecule has 0 aromatic heterocycles. The smallest absolute Gasteiger partial charge is 0.790 e. The Balaban J connectivity index is 0. The van der Waals surface area contributed by atoms with Crippen molar-refractivity contribution in [3.8, 4) is 0 Å². The molecule has 0 bridgehead atoms. The molecule has 4 N–H and O–H groups in total. The summed E-state index contributed by atoms with van der Waals surface area (Å²) in [5, 5.41) is 36.5. The largest absolute Gasteiger partial charge is 1.00 e. The van der Waals surface area contributed by atoms with E-state index >= 15 is 0 Å². The zero-order valence-corrected chi connectivity index (χ0v) is 17.0. The number of phosphoric acid groups is 1. The molecule has 1 saturated heterocycles. The summed E-state index contributed by atoms with van der Waals surface area (Å²) >= 11 is 0. The van der Waals surface area contributed by atoms with Gasteiger partial charge in [-0.3, -0.25) is 0 Å². The minimum atomic E-state index is -5.44. The van der Waals surface area contributed by atoms with Crippen molar-refractivity contribution in [2.45, 2.75) is 30.7 Å². The van der Waals surface area contributed by atoms with Crippen molar-refractivity contribution in [2.75, 3.05) is 6.61 Å². The minimum Gasteiger partial charge on any atom is -0.790 e. The van der Waals surface area contributed by atoms with Gasteiger partial charge in [-0.1, -0.05) is 0 Å². The monoisotopic (exact) mass is 336 g/mol. The molecule has 18 heavy (non-hydrogen) atoms. The number of rotatable bonds is 3. The molecule has 9 nitrogen and oxygen atoms in total. The van der Waals surface area contributed by atoms with Crippen molar-refractivity contribution in [3.63, 3.8) is 0 Å². The Bertz CT molecular complexity index is 286. The molecule has 1 aliphatic rings. The topological polar surface area (TPSA) is 163 Å². The normalized spacial score (nSPS) is 36.4. The van der Waals surface area contributed by atoms with Gasteiger partial charge in [-0.2, -0.15) is 0 Å². The first-order valence-electron chi connectivity index (χ1n) is 4.27. The Labute approximate surface area is 188 Å². The van der Waals surface area contributed by atoms with Crippen molar-refractivity contribution in [3.05, 3.63) is 0 Å². The van der Waals surface area contributed by atoms with E-state index in [2.05, 4.69) is 9.26 Å². The molecule has 1 aliphatic heterocycles. The van der Waals surface area contributed by atoms with Crippen LogP contribution in [-0.4, -0.2) is 57.7 Å². The van der Waals surface area contributed by atoms with Crippen molar-refractivity contribution >= 4 is 7.82 Å². The second kappa shape index (κ2) is 10.1. The predicted octanol–water partition coefficient (Wildman–Crippen LogP) is -10.4. The van der Waals surface area contributed by atoms with Gasteiger partial charge in [0.15, 0.2) is 6.29 Å². The molecule has 0 saturated carbocycles. The van der Waals surface area contributed by atoms with Gasteiger partial charge in [0.1, 0.15) is 24.4 Å². The molecule has 0 aliphatic carbocycles. The van der Waals surface area contributed by atoms with E-state index in [1.54, 1.807) is 0 Å². The van der Waals surface area contributed by atoms with Crippen LogP contribution in [0.3, 0.4) is 0 Å². The summed E-state index contributed by atoms with van der Waals surface area (Å²) in [6.45, 7) is -0.700. The van der Waals surface area contributed by atoms with Crippen molar-refractivity contribution in [1.29, 1.82) is 0 Å². The predicted molar refractivity (Wildman–Crippen MR) is 42.5 cm³/mol. The van der Waals surface area contributed by atoms with Crippen LogP contribution in [0.25, 0.3) is 0 Å². The maximum Gasteiger partial charge on any atom is 1.00 e. The van der Waals surface area contributed by atoms with Crippen molar-refractivity contribution < 1.29 is 147 Å². The molecule has 0 radical (unpaired) electrons. The molecule has 1 fully saturated rings. The maximum atomic E-state index is 10.3. The third-order valence-corrected chi connectivity index (χ3v) is 2.60. The van der Waals surface area contributed by atoms with Crippen LogP contribution in [0.4, 0.5) is 0 Å². The van der Waals surface area contributed by atoms with Crippen LogP contribution >= 0.6 is 7.82 Å². The van der Waals surface area contributed by atoms with Crippen molar-refractivity contribution in [2.24, 2.45) is 0 Å². The van der Waals surface area contributed by atoms with E-state index in [-0.39, 0.29) is 103 Å². The van der Waals surface area contributed by atoms with Crippen LogP contribution in [-0.2, 0) is 13.8 Å².